The van der Waals surface area contributed by atoms with Gasteiger partial charge in [-0.2, -0.15) is 5.26 Å². The molecule has 1 amide bonds. The smallest absolute Gasteiger partial charge is 0.243 e. The Balaban J connectivity index is 2.43. The molecule has 0 aliphatic carbocycles. The van der Waals surface area contributed by atoms with Crippen molar-refractivity contribution < 1.29 is 4.79 Å². The monoisotopic (exact) mass is 226 g/mol. The highest BCUT2D eigenvalue weighted by molar-refractivity contribution is 8.00. The van der Waals surface area contributed by atoms with E-state index in [1.165, 1.54) is 11.8 Å². The number of nitrogens with zero attached hydrogens (tertiary/aromatic N) is 1. The van der Waals surface area contributed by atoms with Crippen molar-refractivity contribution in [1.29, 1.82) is 5.26 Å². The molecule has 0 spiro atoms. The molecule has 0 aromatic heterocycles. The van der Waals surface area contributed by atoms with Crippen molar-refractivity contribution >= 4 is 29.3 Å². The number of amides is 1. The van der Waals surface area contributed by atoms with E-state index in [1.807, 2.05) is 17.4 Å². The Hall–Kier alpha value is -1.18. The van der Waals surface area contributed by atoms with E-state index >= 15 is 0 Å². The van der Waals surface area contributed by atoms with Gasteiger partial charge in [0, 0.05) is 9.92 Å². The van der Waals surface area contributed by atoms with Crippen LogP contribution in [0.3, 0.4) is 0 Å². The van der Waals surface area contributed by atoms with Crippen LogP contribution < -0.4 is 5.32 Å². The highest BCUT2D eigenvalue weighted by Crippen LogP contribution is 2.19. The summed E-state index contributed by atoms with van der Waals surface area (Å²) in [4.78, 5) is 11.8. The average Bonchev–Trinajstić information content (AvgIpc) is 2.17. The summed E-state index contributed by atoms with van der Waals surface area (Å²) in [5, 5.41) is 10.9. The van der Waals surface area contributed by atoms with E-state index in [1.54, 1.807) is 18.3 Å². The molecular weight excluding hydrogens is 220 g/mol. The molecule has 1 rings (SSSR count). The fraction of sp³-hybridized carbons (Fsp3) is 0.111. The van der Waals surface area contributed by atoms with Crippen LogP contribution in [0.1, 0.15) is 0 Å². The number of benzene rings is 1. The summed E-state index contributed by atoms with van der Waals surface area (Å²) in [5.74, 6) is -0.0673. The molecule has 5 heteroatoms. The Bertz CT molecular complexity index is 358. The minimum Gasteiger partial charge on any atom is -0.273 e. The fourth-order valence-electron chi connectivity index (χ4n) is 0.778. The third-order valence-corrected chi connectivity index (χ3v) is 2.64. The molecule has 0 unspecified atom stereocenters. The van der Waals surface area contributed by atoms with Gasteiger partial charge in [0.25, 0.3) is 0 Å². The second-order valence-corrected chi connectivity index (χ2v) is 3.89. The number of nitriles is 1. The number of carbonyl (C=O) groups is 1. The molecular formula is C9H7ClN2OS. The van der Waals surface area contributed by atoms with Gasteiger partial charge < -0.3 is 0 Å². The Labute approximate surface area is 91.1 Å². The number of thioether (sulfide) groups is 1. The van der Waals surface area contributed by atoms with Gasteiger partial charge in [-0.25, -0.2) is 0 Å². The quantitative estimate of drug-likeness (QED) is 0.488. The SMILES string of the molecule is N#CNC(=O)CSc1ccc(Cl)cc1. The van der Waals surface area contributed by atoms with Crippen molar-refractivity contribution in [3.8, 4) is 6.19 Å². The third kappa shape index (κ3) is 3.69. The topological polar surface area (TPSA) is 52.9 Å². The van der Waals surface area contributed by atoms with Crippen molar-refractivity contribution in [3.05, 3.63) is 29.3 Å². The lowest BCUT2D eigenvalue weighted by atomic mass is 10.4. The van der Waals surface area contributed by atoms with Gasteiger partial charge in [-0.15, -0.1) is 11.8 Å². The van der Waals surface area contributed by atoms with Crippen molar-refractivity contribution in [3.63, 3.8) is 0 Å². The summed E-state index contributed by atoms with van der Waals surface area (Å²) < 4.78 is 0. The molecule has 0 saturated heterocycles. The van der Waals surface area contributed by atoms with E-state index in [0.29, 0.717) is 5.02 Å². The van der Waals surface area contributed by atoms with Crippen LogP contribution in [0.2, 0.25) is 5.02 Å². The van der Waals surface area contributed by atoms with Crippen molar-refractivity contribution in [2.75, 3.05) is 5.75 Å². The first-order valence-corrected chi connectivity index (χ1v) is 5.15. The van der Waals surface area contributed by atoms with E-state index in [2.05, 4.69) is 0 Å². The Morgan fingerprint density at radius 1 is 1.50 bits per heavy atom. The molecule has 1 aromatic carbocycles. The van der Waals surface area contributed by atoms with Crippen LogP contribution in [0.25, 0.3) is 0 Å². The van der Waals surface area contributed by atoms with Crippen LogP contribution in [0, 0.1) is 11.5 Å². The average molecular weight is 227 g/mol. The number of carbonyl (C=O) groups excluding carboxylic acids is 1. The van der Waals surface area contributed by atoms with Gasteiger partial charge in [-0.1, -0.05) is 11.6 Å². The molecule has 0 heterocycles. The molecule has 0 aliphatic rings. The van der Waals surface area contributed by atoms with Crippen molar-refractivity contribution in [2.24, 2.45) is 0 Å². The molecule has 3 nitrogen and oxygen atoms in total. The second kappa shape index (κ2) is 5.53. The van der Waals surface area contributed by atoms with Gasteiger partial charge in [-0.3, -0.25) is 10.1 Å². The van der Waals surface area contributed by atoms with Crippen LogP contribution in [0.4, 0.5) is 0 Å². The summed E-state index contributed by atoms with van der Waals surface area (Å²) in [7, 11) is 0. The first-order chi connectivity index (χ1) is 6.72. The summed E-state index contributed by atoms with van der Waals surface area (Å²) in [6.45, 7) is 0. The number of hydrogen-bond acceptors (Lipinski definition) is 3. The first kappa shape index (κ1) is 10.9. The minimum atomic E-state index is -0.299. The zero-order chi connectivity index (χ0) is 10.4. The molecule has 0 radical (unpaired) electrons. The standard InChI is InChI=1S/C9H7ClN2OS/c10-7-1-3-8(4-2-7)14-5-9(13)12-6-11/h1-4H,5H2,(H,12,13). The molecule has 1 aromatic rings. The summed E-state index contributed by atoms with van der Waals surface area (Å²) in [5.41, 5.74) is 0. The van der Waals surface area contributed by atoms with Gasteiger partial charge in [0.05, 0.1) is 5.75 Å². The zero-order valence-electron chi connectivity index (χ0n) is 7.16. The number of halogens is 1. The number of hydrogen-bond donors (Lipinski definition) is 1. The van der Waals surface area contributed by atoms with E-state index in [0.717, 1.165) is 4.90 Å². The molecule has 0 bridgehead atoms. The Morgan fingerprint density at radius 3 is 2.71 bits per heavy atom. The zero-order valence-corrected chi connectivity index (χ0v) is 8.73. The Kier molecular flexibility index (Phi) is 4.30. The lowest BCUT2D eigenvalue weighted by Crippen LogP contribution is -2.19. The first-order valence-electron chi connectivity index (χ1n) is 3.78. The summed E-state index contributed by atoms with van der Waals surface area (Å²) in [6, 6.07) is 7.16. The van der Waals surface area contributed by atoms with Gasteiger partial charge in [0.2, 0.25) is 5.91 Å². The van der Waals surface area contributed by atoms with E-state index in [4.69, 9.17) is 16.9 Å². The third-order valence-electron chi connectivity index (χ3n) is 1.38. The molecule has 72 valence electrons. The van der Waals surface area contributed by atoms with Crippen LogP contribution in [-0.4, -0.2) is 11.7 Å². The minimum absolute atomic E-state index is 0.231. The highest BCUT2D eigenvalue weighted by atomic mass is 35.5. The fourth-order valence-corrected chi connectivity index (χ4v) is 1.60. The highest BCUT2D eigenvalue weighted by Gasteiger charge is 2.00. The predicted molar refractivity (Wildman–Crippen MR) is 55.9 cm³/mol. The van der Waals surface area contributed by atoms with E-state index < -0.39 is 0 Å². The summed E-state index contributed by atoms with van der Waals surface area (Å²) in [6.07, 6.45) is 1.58. The summed E-state index contributed by atoms with van der Waals surface area (Å²) >= 11 is 7.05. The molecule has 0 atom stereocenters. The maximum Gasteiger partial charge on any atom is 0.243 e. The largest absolute Gasteiger partial charge is 0.273 e. The normalized spacial score (nSPS) is 9.14. The second-order valence-electron chi connectivity index (χ2n) is 2.40. The maximum absolute atomic E-state index is 10.9. The molecule has 0 saturated carbocycles. The number of rotatable bonds is 3. The van der Waals surface area contributed by atoms with E-state index in [-0.39, 0.29) is 11.7 Å². The lowest BCUT2D eigenvalue weighted by molar-refractivity contribution is -0.117. The van der Waals surface area contributed by atoms with E-state index in [9.17, 15) is 4.79 Å². The predicted octanol–water partition coefficient (Wildman–Crippen LogP) is 2.03. The molecule has 14 heavy (non-hydrogen) atoms. The van der Waals surface area contributed by atoms with Gasteiger partial charge >= 0.3 is 0 Å². The van der Waals surface area contributed by atoms with Crippen LogP contribution in [-0.2, 0) is 4.79 Å². The lowest BCUT2D eigenvalue weighted by Gasteiger charge is -1.99. The van der Waals surface area contributed by atoms with Gasteiger partial charge in [-0.05, 0) is 24.3 Å². The van der Waals surface area contributed by atoms with Gasteiger partial charge in [0.1, 0.15) is 0 Å². The van der Waals surface area contributed by atoms with Crippen molar-refractivity contribution in [2.45, 2.75) is 4.90 Å². The molecule has 1 N–H and O–H groups in total. The van der Waals surface area contributed by atoms with Crippen LogP contribution >= 0.6 is 23.4 Å². The molecule has 0 fully saturated rings. The van der Waals surface area contributed by atoms with Crippen LogP contribution in [0.5, 0.6) is 0 Å². The van der Waals surface area contributed by atoms with Crippen LogP contribution in [0.15, 0.2) is 29.2 Å². The maximum atomic E-state index is 10.9. The van der Waals surface area contributed by atoms with Crippen molar-refractivity contribution in [1.82, 2.24) is 5.32 Å². The Morgan fingerprint density at radius 2 is 2.14 bits per heavy atom. The van der Waals surface area contributed by atoms with Gasteiger partial charge in [0.15, 0.2) is 6.19 Å². The molecule has 0 aliphatic heterocycles. The number of nitrogens with one attached hydrogen (secondary N) is 1.